The quantitative estimate of drug-likeness (QED) is 0.231. The Morgan fingerprint density at radius 1 is 1.14 bits per heavy atom. The summed E-state index contributed by atoms with van der Waals surface area (Å²) in [6, 6.07) is 0. The van der Waals surface area contributed by atoms with Crippen LogP contribution in [0.2, 0.25) is 0 Å². The molecule has 0 saturated heterocycles. The summed E-state index contributed by atoms with van der Waals surface area (Å²) in [4.78, 5) is 0. The largest absolute Gasteiger partial charge is 2.00 e. The van der Waals surface area contributed by atoms with E-state index in [1.54, 1.807) is 0 Å². The normalized spacial score (nSPS) is 8.29. The number of hydrogen-bond acceptors (Lipinski definition) is 4. The average Bonchev–Trinajstić information content (AvgIpc) is 0.722. The number of rotatable bonds is 0. The fourth-order valence-corrected chi connectivity index (χ4v) is 0. The SMILES string of the molecule is B.O=S(=O)([O-])[O-].[Zn+2]. The minimum atomic E-state index is -5.17. The summed E-state index contributed by atoms with van der Waals surface area (Å²) in [5, 5.41) is 0. The first-order valence-corrected chi connectivity index (χ1v) is 2.00. The van der Waals surface area contributed by atoms with E-state index >= 15 is 0 Å². The van der Waals surface area contributed by atoms with Gasteiger partial charge in [0, 0.05) is 10.4 Å². The van der Waals surface area contributed by atoms with E-state index in [0.29, 0.717) is 0 Å². The van der Waals surface area contributed by atoms with Gasteiger partial charge in [0.05, 0.1) is 8.41 Å². The second-order valence-electron chi connectivity index (χ2n) is 0.408. The van der Waals surface area contributed by atoms with Crippen molar-refractivity contribution in [2.24, 2.45) is 0 Å². The van der Waals surface area contributed by atoms with Crippen molar-refractivity contribution in [2.45, 2.75) is 0 Å². The molecule has 0 aliphatic carbocycles. The first kappa shape index (κ1) is 15.6. The van der Waals surface area contributed by atoms with Crippen LogP contribution in [0.15, 0.2) is 0 Å². The molecule has 4 nitrogen and oxygen atoms in total. The molecule has 0 aromatic heterocycles. The van der Waals surface area contributed by atoms with Gasteiger partial charge in [-0.25, -0.2) is 0 Å². The maximum Gasteiger partial charge on any atom is 2.00 e. The van der Waals surface area contributed by atoms with Crippen LogP contribution in [0.1, 0.15) is 0 Å². The average molecular weight is 175 g/mol. The molecule has 0 spiro atoms. The van der Waals surface area contributed by atoms with E-state index in [0.717, 1.165) is 0 Å². The maximum absolute atomic E-state index is 8.52. The molecule has 38 valence electrons. The fraction of sp³-hybridized carbons (Fsp3) is 0. The van der Waals surface area contributed by atoms with Gasteiger partial charge >= 0.3 is 19.5 Å². The molecule has 0 fully saturated rings. The summed E-state index contributed by atoms with van der Waals surface area (Å²) in [6.45, 7) is 0. The summed E-state index contributed by atoms with van der Waals surface area (Å²) < 4.78 is 34.1. The van der Waals surface area contributed by atoms with Crippen LogP contribution in [0.25, 0.3) is 0 Å². The minimum absolute atomic E-state index is 0. The zero-order valence-corrected chi connectivity index (χ0v) is 6.53. The minimum Gasteiger partial charge on any atom is -0.759 e. The monoisotopic (exact) mass is 174 g/mol. The molecule has 0 amide bonds. The van der Waals surface area contributed by atoms with Crippen molar-refractivity contribution in [3.63, 3.8) is 0 Å². The third-order valence-electron chi connectivity index (χ3n) is 0. The molecule has 0 radical (unpaired) electrons. The molecule has 0 aliphatic heterocycles. The maximum atomic E-state index is 8.52. The Bertz CT molecular complexity index is 94.9. The molecule has 0 unspecified atom stereocenters. The Morgan fingerprint density at radius 3 is 1.14 bits per heavy atom. The van der Waals surface area contributed by atoms with E-state index in [4.69, 9.17) is 17.5 Å². The molecule has 0 rings (SSSR count). The summed E-state index contributed by atoms with van der Waals surface area (Å²) in [7, 11) is -5.17. The second kappa shape index (κ2) is 4.71. The molecular formula is H3BO4SZn. The summed E-state index contributed by atoms with van der Waals surface area (Å²) in [5.74, 6) is 0. The Morgan fingerprint density at radius 2 is 1.14 bits per heavy atom. The van der Waals surface area contributed by atoms with Crippen molar-refractivity contribution < 1.29 is 37.0 Å². The predicted octanol–water partition coefficient (Wildman–Crippen LogP) is -2.52. The molecule has 0 N–H and O–H groups in total. The zero-order chi connectivity index (χ0) is 4.50. The molecule has 0 heterocycles. The summed E-state index contributed by atoms with van der Waals surface area (Å²) >= 11 is 0. The Balaban J connectivity index is -0.0000000800. The van der Waals surface area contributed by atoms with E-state index in [2.05, 4.69) is 0 Å². The Labute approximate surface area is 56.2 Å². The first-order chi connectivity index (χ1) is 2.00. The van der Waals surface area contributed by atoms with Crippen molar-refractivity contribution in [1.29, 1.82) is 0 Å². The van der Waals surface area contributed by atoms with Gasteiger partial charge in [-0.3, -0.25) is 8.42 Å². The molecule has 0 aliphatic rings. The van der Waals surface area contributed by atoms with Crippen LogP contribution in [0, 0.1) is 0 Å². The van der Waals surface area contributed by atoms with Crippen LogP contribution in [0.5, 0.6) is 0 Å². The fourth-order valence-electron chi connectivity index (χ4n) is 0. The van der Waals surface area contributed by atoms with E-state index in [-0.39, 0.29) is 27.9 Å². The van der Waals surface area contributed by atoms with E-state index in [1.165, 1.54) is 0 Å². The molecule has 0 atom stereocenters. The topological polar surface area (TPSA) is 80.3 Å². The third-order valence-corrected chi connectivity index (χ3v) is 0. The molecular weight excluding hydrogens is 172 g/mol. The molecule has 0 bridgehead atoms. The molecule has 0 saturated carbocycles. The molecule has 7 heteroatoms. The van der Waals surface area contributed by atoms with Crippen LogP contribution in [0.3, 0.4) is 0 Å². The third kappa shape index (κ3) is 437. The van der Waals surface area contributed by atoms with Crippen molar-refractivity contribution >= 4 is 18.8 Å². The molecule has 0 aromatic rings. The van der Waals surface area contributed by atoms with Gasteiger partial charge in [0.25, 0.3) is 0 Å². The van der Waals surface area contributed by atoms with E-state index in [9.17, 15) is 0 Å². The summed E-state index contributed by atoms with van der Waals surface area (Å²) in [6.07, 6.45) is 0. The van der Waals surface area contributed by atoms with Crippen LogP contribution in [0.4, 0.5) is 0 Å². The second-order valence-corrected chi connectivity index (χ2v) is 1.22. The van der Waals surface area contributed by atoms with Crippen LogP contribution in [-0.4, -0.2) is 25.9 Å². The predicted molar refractivity (Wildman–Crippen MR) is 20.4 cm³/mol. The van der Waals surface area contributed by atoms with Gasteiger partial charge in [0.15, 0.2) is 0 Å². The van der Waals surface area contributed by atoms with Crippen molar-refractivity contribution in [1.82, 2.24) is 0 Å². The smallest absolute Gasteiger partial charge is 0.759 e. The van der Waals surface area contributed by atoms with E-state index in [1.807, 2.05) is 0 Å². The van der Waals surface area contributed by atoms with Gasteiger partial charge in [-0.1, -0.05) is 0 Å². The Kier molecular flexibility index (Phi) is 10.5. The standard InChI is InChI=1S/BH3.H2O4S.Zn/c;1-5(2,3)4;/h1H3;(H2,1,2,3,4);/q;;+2/p-2. The first-order valence-electron chi connectivity index (χ1n) is 0.667. The zero-order valence-electron chi connectivity index (χ0n) is 2.75. The van der Waals surface area contributed by atoms with Gasteiger partial charge in [-0.2, -0.15) is 0 Å². The van der Waals surface area contributed by atoms with Crippen LogP contribution in [-0.2, 0) is 29.9 Å². The summed E-state index contributed by atoms with van der Waals surface area (Å²) in [5.41, 5.74) is 0. The van der Waals surface area contributed by atoms with Gasteiger partial charge in [-0.15, -0.1) is 0 Å². The van der Waals surface area contributed by atoms with Crippen molar-refractivity contribution in [3.05, 3.63) is 0 Å². The van der Waals surface area contributed by atoms with Crippen LogP contribution < -0.4 is 0 Å². The number of hydrogen-bond donors (Lipinski definition) is 0. The Hall–Kier alpha value is 0.558. The van der Waals surface area contributed by atoms with Gasteiger partial charge in [-0.05, 0) is 0 Å². The van der Waals surface area contributed by atoms with Crippen molar-refractivity contribution in [3.8, 4) is 0 Å². The van der Waals surface area contributed by atoms with Gasteiger partial charge < -0.3 is 9.11 Å². The van der Waals surface area contributed by atoms with Crippen LogP contribution >= 0.6 is 0 Å². The van der Waals surface area contributed by atoms with Crippen molar-refractivity contribution in [2.75, 3.05) is 0 Å². The molecule has 7 heavy (non-hydrogen) atoms. The van der Waals surface area contributed by atoms with Gasteiger partial charge in [0.2, 0.25) is 0 Å². The van der Waals surface area contributed by atoms with E-state index < -0.39 is 10.4 Å². The van der Waals surface area contributed by atoms with Gasteiger partial charge in [0.1, 0.15) is 0 Å². The molecule has 0 aromatic carbocycles.